The molecule has 0 aromatic heterocycles. The molecule has 0 spiro atoms. The number of amides is 1. The number of likely N-dealkylation sites (N-methyl/N-ethyl adjacent to an activating group) is 1. The number of hydrogen-bond acceptors (Lipinski definition) is 3. The van der Waals surface area contributed by atoms with Gasteiger partial charge in [0.2, 0.25) is 0 Å². The number of phenolic OH excluding ortho intramolecular Hbond substituents is 1. The molecule has 1 aromatic rings. The number of benzene rings is 1. The normalized spacial score (nSPS) is 11.9. The Morgan fingerprint density at radius 2 is 2.18 bits per heavy atom. The first-order valence-corrected chi connectivity index (χ1v) is 5.30. The lowest BCUT2D eigenvalue weighted by Gasteiger charge is -2.24. The molecule has 0 saturated heterocycles. The Bertz CT molecular complexity index is 465. The Morgan fingerprint density at radius 3 is 2.65 bits per heavy atom. The smallest absolute Gasteiger partial charge is 0.257 e. The quantitative estimate of drug-likeness (QED) is 0.799. The Balaban J connectivity index is 3.00. The molecule has 6 heteroatoms. The maximum absolute atomic E-state index is 12.8. The molecular formula is C11H13FN2O2S. The molecule has 1 amide bonds. The van der Waals surface area contributed by atoms with Crippen LogP contribution in [0.2, 0.25) is 0 Å². The number of nitrogens with zero attached hydrogens (tertiary/aromatic N) is 1. The van der Waals surface area contributed by atoms with Crippen LogP contribution in [0.5, 0.6) is 5.75 Å². The highest BCUT2D eigenvalue weighted by molar-refractivity contribution is 7.80. The van der Waals surface area contributed by atoms with Gasteiger partial charge in [-0.3, -0.25) is 4.79 Å². The van der Waals surface area contributed by atoms with E-state index in [1.807, 2.05) is 0 Å². The third-order valence-electron chi connectivity index (χ3n) is 2.50. The van der Waals surface area contributed by atoms with Crippen molar-refractivity contribution in [2.75, 3.05) is 7.05 Å². The van der Waals surface area contributed by atoms with Gasteiger partial charge < -0.3 is 15.7 Å². The lowest BCUT2D eigenvalue weighted by atomic mass is 10.1. The average molecular weight is 256 g/mol. The van der Waals surface area contributed by atoms with Crippen molar-refractivity contribution in [3.05, 3.63) is 29.6 Å². The summed E-state index contributed by atoms with van der Waals surface area (Å²) < 4.78 is 12.8. The first-order valence-electron chi connectivity index (χ1n) is 4.89. The highest BCUT2D eigenvalue weighted by Gasteiger charge is 2.21. The van der Waals surface area contributed by atoms with E-state index in [0.29, 0.717) is 0 Å². The minimum atomic E-state index is -0.607. The van der Waals surface area contributed by atoms with Gasteiger partial charge in [0, 0.05) is 13.1 Å². The first kappa shape index (κ1) is 13.4. The molecule has 1 atom stereocenters. The van der Waals surface area contributed by atoms with Crippen molar-refractivity contribution in [1.29, 1.82) is 0 Å². The van der Waals surface area contributed by atoms with Crippen molar-refractivity contribution in [3.8, 4) is 5.75 Å². The summed E-state index contributed by atoms with van der Waals surface area (Å²) in [6.07, 6.45) is 0. The number of carbonyl (C=O) groups excluding carboxylic acids is 1. The van der Waals surface area contributed by atoms with Crippen molar-refractivity contribution < 1.29 is 14.3 Å². The van der Waals surface area contributed by atoms with Crippen molar-refractivity contribution in [2.24, 2.45) is 5.73 Å². The topological polar surface area (TPSA) is 66.6 Å². The van der Waals surface area contributed by atoms with Crippen LogP contribution in [0, 0.1) is 5.82 Å². The van der Waals surface area contributed by atoms with Gasteiger partial charge >= 0.3 is 0 Å². The lowest BCUT2D eigenvalue weighted by molar-refractivity contribution is 0.0776. The van der Waals surface area contributed by atoms with Crippen LogP contribution in [-0.2, 0) is 0 Å². The third kappa shape index (κ3) is 2.91. The first-order chi connectivity index (χ1) is 7.84. The summed E-state index contributed by atoms with van der Waals surface area (Å²) in [5.41, 5.74) is 5.44. The summed E-state index contributed by atoms with van der Waals surface area (Å²) in [6.45, 7) is 1.67. The molecule has 4 nitrogen and oxygen atoms in total. The van der Waals surface area contributed by atoms with Crippen LogP contribution in [0.4, 0.5) is 4.39 Å². The van der Waals surface area contributed by atoms with E-state index in [2.05, 4.69) is 0 Å². The van der Waals surface area contributed by atoms with Crippen LogP contribution in [0.15, 0.2) is 18.2 Å². The molecule has 92 valence electrons. The number of rotatable bonds is 3. The van der Waals surface area contributed by atoms with Gasteiger partial charge in [0.25, 0.3) is 5.91 Å². The third-order valence-corrected chi connectivity index (χ3v) is 2.84. The monoisotopic (exact) mass is 256 g/mol. The Kier molecular flexibility index (Phi) is 4.01. The zero-order valence-corrected chi connectivity index (χ0v) is 10.3. The Labute approximate surface area is 104 Å². The minimum absolute atomic E-state index is 0.0111. The fraction of sp³-hybridized carbons (Fsp3) is 0.273. The van der Waals surface area contributed by atoms with E-state index in [1.54, 1.807) is 6.92 Å². The predicted molar refractivity (Wildman–Crippen MR) is 66.4 cm³/mol. The number of nitrogens with two attached hydrogens (primary N) is 1. The molecule has 0 aliphatic heterocycles. The Morgan fingerprint density at radius 1 is 1.59 bits per heavy atom. The minimum Gasteiger partial charge on any atom is -0.507 e. The number of aromatic hydroxyl groups is 1. The van der Waals surface area contributed by atoms with E-state index in [0.717, 1.165) is 12.1 Å². The van der Waals surface area contributed by atoms with Crippen LogP contribution in [0.1, 0.15) is 17.3 Å². The average Bonchev–Trinajstić information content (AvgIpc) is 2.26. The number of thiocarbonyl (C=S) groups is 1. The van der Waals surface area contributed by atoms with E-state index in [9.17, 15) is 14.3 Å². The lowest BCUT2D eigenvalue weighted by Crippen LogP contribution is -2.42. The van der Waals surface area contributed by atoms with Gasteiger partial charge in [-0.2, -0.15) is 0 Å². The molecule has 1 unspecified atom stereocenters. The number of carbonyl (C=O) groups is 1. The molecule has 0 aliphatic rings. The van der Waals surface area contributed by atoms with Gasteiger partial charge in [-0.1, -0.05) is 12.2 Å². The fourth-order valence-electron chi connectivity index (χ4n) is 1.24. The van der Waals surface area contributed by atoms with E-state index in [4.69, 9.17) is 18.0 Å². The predicted octanol–water partition coefficient (Wildman–Crippen LogP) is 1.28. The largest absolute Gasteiger partial charge is 0.507 e. The highest BCUT2D eigenvalue weighted by Crippen LogP contribution is 2.20. The van der Waals surface area contributed by atoms with Crippen molar-refractivity contribution in [1.82, 2.24) is 4.90 Å². The van der Waals surface area contributed by atoms with Crippen LogP contribution in [0.3, 0.4) is 0 Å². The molecule has 0 bridgehead atoms. The number of hydrogen-bond donors (Lipinski definition) is 2. The molecule has 3 N–H and O–H groups in total. The summed E-state index contributed by atoms with van der Waals surface area (Å²) in [7, 11) is 1.51. The van der Waals surface area contributed by atoms with E-state index in [-0.39, 0.29) is 10.6 Å². The van der Waals surface area contributed by atoms with Gasteiger partial charge in [-0.05, 0) is 19.1 Å². The summed E-state index contributed by atoms with van der Waals surface area (Å²) in [5, 5.41) is 9.48. The second kappa shape index (κ2) is 5.09. The summed E-state index contributed by atoms with van der Waals surface area (Å²) in [4.78, 5) is 13.4. The number of halogens is 1. The SMILES string of the molecule is CC(C(N)=S)N(C)C(=O)c1ccc(F)cc1O. The molecule has 1 rings (SSSR count). The molecule has 0 aliphatic carbocycles. The maximum Gasteiger partial charge on any atom is 0.257 e. The molecule has 1 aromatic carbocycles. The molecular weight excluding hydrogens is 243 g/mol. The van der Waals surface area contributed by atoms with Crippen LogP contribution in [0.25, 0.3) is 0 Å². The van der Waals surface area contributed by atoms with E-state index < -0.39 is 23.5 Å². The summed E-state index contributed by atoms with van der Waals surface area (Å²) >= 11 is 4.78. The van der Waals surface area contributed by atoms with E-state index in [1.165, 1.54) is 18.0 Å². The van der Waals surface area contributed by atoms with E-state index >= 15 is 0 Å². The molecule has 0 heterocycles. The van der Waals surface area contributed by atoms with Crippen molar-refractivity contribution in [3.63, 3.8) is 0 Å². The standard InChI is InChI=1S/C11H13FN2O2S/c1-6(10(13)17)14(2)11(16)8-4-3-7(12)5-9(8)15/h3-6,15H,1-2H3,(H2,13,17). The second-order valence-electron chi connectivity index (χ2n) is 3.66. The van der Waals surface area contributed by atoms with Crippen molar-refractivity contribution >= 4 is 23.1 Å². The van der Waals surface area contributed by atoms with Gasteiger partial charge in [0.15, 0.2) is 0 Å². The van der Waals surface area contributed by atoms with Crippen LogP contribution >= 0.6 is 12.2 Å². The fourth-order valence-corrected chi connectivity index (χ4v) is 1.40. The van der Waals surface area contributed by atoms with Crippen molar-refractivity contribution in [2.45, 2.75) is 13.0 Å². The molecule has 0 fully saturated rings. The Hall–Kier alpha value is -1.69. The van der Waals surface area contributed by atoms with Crippen LogP contribution in [-0.4, -0.2) is 34.0 Å². The summed E-state index contributed by atoms with van der Waals surface area (Å²) in [5.74, 6) is -1.48. The maximum atomic E-state index is 12.8. The van der Waals surface area contributed by atoms with Gasteiger partial charge in [-0.15, -0.1) is 0 Å². The molecule has 17 heavy (non-hydrogen) atoms. The second-order valence-corrected chi connectivity index (χ2v) is 4.13. The summed E-state index contributed by atoms with van der Waals surface area (Å²) in [6, 6.07) is 2.76. The highest BCUT2D eigenvalue weighted by atomic mass is 32.1. The number of phenols is 1. The van der Waals surface area contributed by atoms with Gasteiger partial charge in [0.1, 0.15) is 11.6 Å². The molecule has 0 radical (unpaired) electrons. The molecule has 0 saturated carbocycles. The van der Waals surface area contributed by atoms with Gasteiger partial charge in [0.05, 0.1) is 16.6 Å². The zero-order valence-electron chi connectivity index (χ0n) is 9.48. The van der Waals surface area contributed by atoms with Gasteiger partial charge in [-0.25, -0.2) is 4.39 Å². The van der Waals surface area contributed by atoms with Crippen LogP contribution < -0.4 is 5.73 Å². The zero-order chi connectivity index (χ0) is 13.2.